The largest absolute Gasteiger partial charge is 0.497 e. The van der Waals surface area contributed by atoms with Crippen molar-refractivity contribution in [1.82, 2.24) is 20.4 Å². The number of hydrogen-bond donors (Lipinski definition) is 4. The molecule has 2 aromatic carbocycles. The van der Waals surface area contributed by atoms with E-state index < -0.39 is 30.1 Å². The fraction of sp³-hybridized carbons (Fsp3) is 0.558. The van der Waals surface area contributed by atoms with Crippen LogP contribution in [0.2, 0.25) is 0 Å². The average molecular weight is 782 g/mol. The van der Waals surface area contributed by atoms with Gasteiger partial charge in [-0.3, -0.25) is 14.4 Å². The molecular formula is C43H67N5O8. The number of anilines is 1. The number of fused-ring (bicyclic) bond motifs is 1. The van der Waals surface area contributed by atoms with Crippen molar-refractivity contribution < 1.29 is 38.6 Å². The van der Waals surface area contributed by atoms with Crippen molar-refractivity contribution in [1.29, 1.82) is 0 Å². The summed E-state index contributed by atoms with van der Waals surface area (Å²) >= 11 is 0. The number of aliphatic carboxylic acids is 1. The lowest BCUT2D eigenvalue weighted by molar-refractivity contribution is -0.143. The highest BCUT2D eigenvalue weighted by Crippen LogP contribution is 2.35. The molecule has 1 unspecified atom stereocenters. The second kappa shape index (κ2) is 26.7. The maximum atomic E-state index is 12.3. The number of carboxylic acid groups (broad SMARTS) is 1. The third-order valence-electron chi connectivity index (χ3n) is 8.60. The molecule has 2 atom stereocenters. The van der Waals surface area contributed by atoms with Gasteiger partial charge < -0.3 is 40.3 Å². The number of rotatable bonds is 10. The Bertz CT molecular complexity index is 1540. The van der Waals surface area contributed by atoms with Gasteiger partial charge in [0, 0.05) is 38.7 Å². The summed E-state index contributed by atoms with van der Waals surface area (Å²) in [6.07, 6.45) is 7.55. The molecule has 2 aliphatic heterocycles. The molecule has 5 rings (SSSR count). The van der Waals surface area contributed by atoms with E-state index >= 15 is 0 Å². The molecule has 13 heteroatoms. The number of amides is 5. The first-order valence-electron chi connectivity index (χ1n) is 19.9. The smallest absolute Gasteiger partial charge is 0.407 e. The summed E-state index contributed by atoms with van der Waals surface area (Å²) in [6, 6.07) is 12.2. The minimum atomic E-state index is -1.13. The predicted molar refractivity (Wildman–Crippen MR) is 223 cm³/mol. The average Bonchev–Trinajstić information content (AvgIpc) is 3.89. The van der Waals surface area contributed by atoms with Crippen LogP contribution < -0.4 is 20.7 Å². The van der Waals surface area contributed by atoms with Crippen LogP contribution >= 0.6 is 0 Å². The van der Waals surface area contributed by atoms with E-state index in [9.17, 15) is 24.0 Å². The number of likely N-dealkylation sites (tertiary alicyclic amines) is 1. The number of carbonyl (C=O) groups excluding carboxylic acids is 4. The number of alkyl carbamates (subject to hydrolysis) is 1. The van der Waals surface area contributed by atoms with Gasteiger partial charge in [-0.05, 0) is 81.0 Å². The molecule has 13 nitrogen and oxygen atoms in total. The number of urea groups is 1. The lowest BCUT2D eigenvalue weighted by Crippen LogP contribution is -2.50. The SMILES string of the molecule is C=CCC.CC.CC(C)C.COc1cccc(-c2cccc3c2NC(=O)N(C)C3)c1.C[C@@H](NC(=O)C1CCCN1C(=O)CCNC(=O)OC1CCCC1)C(=O)O. The van der Waals surface area contributed by atoms with Gasteiger partial charge in [0.15, 0.2) is 0 Å². The highest BCUT2D eigenvalue weighted by molar-refractivity contribution is 5.97. The topological polar surface area (TPSA) is 167 Å². The number of ether oxygens (including phenoxy) is 2. The van der Waals surface area contributed by atoms with Crippen LogP contribution in [0.15, 0.2) is 55.1 Å². The van der Waals surface area contributed by atoms with Crippen molar-refractivity contribution in [2.45, 2.75) is 125 Å². The molecule has 312 valence electrons. The van der Waals surface area contributed by atoms with E-state index in [2.05, 4.69) is 50.2 Å². The number of nitrogens with one attached hydrogen (secondary N) is 3. The minimum absolute atomic E-state index is 0.0337. The number of hydrogen-bond acceptors (Lipinski definition) is 7. The molecule has 0 aromatic heterocycles. The number of nitrogens with zero attached hydrogens (tertiary/aromatic N) is 2. The van der Waals surface area contributed by atoms with Gasteiger partial charge in [-0.15, -0.1) is 6.58 Å². The molecule has 3 aliphatic rings. The molecular weight excluding hydrogens is 715 g/mol. The number of carboxylic acids is 1. The second-order valence-corrected chi connectivity index (χ2v) is 14.1. The fourth-order valence-corrected chi connectivity index (χ4v) is 5.76. The lowest BCUT2D eigenvalue weighted by Gasteiger charge is -2.27. The van der Waals surface area contributed by atoms with Crippen LogP contribution in [0.1, 0.15) is 105 Å². The van der Waals surface area contributed by atoms with E-state index in [1.807, 2.05) is 62.4 Å². The Labute approximate surface area is 334 Å². The number of methoxy groups -OCH3 is 1. The maximum Gasteiger partial charge on any atom is 0.407 e. The molecule has 56 heavy (non-hydrogen) atoms. The molecule has 1 aliphatic carbocycles. The third kappa shape index (κ3) is 17.2. The predicted octanol–water partition coefficient (Wildman–Crippen LogP) is 8.24. The van der Waals surface area contributed by atoms with E-state index in [4.69, 9.17) is 14.6 Å². The Kier molecular flexibility index (Phi) is 23.3. The zero-order valence-electron chi connectivity index (χ0n) is 35.1. The van der Waals surface area contributed by atoms with Crippen molar-refractivity contribution in [3.63, 3.8) is 0 Å². The van der Waals surface area contributed by atoms with Crippen molar-refractivity contribution in [2.75, 3.05) is 32.6 Å². The standard InChI is InChI=1S/C17H27N3O6.C16H16N2O2.C4H10.C4H8.C2H6/c1-11(16(23)24)19-15(22)13-7-4-10-20(13)14(21)8-9-18-17(25)26-12-5-2-3-6-12;1-18-10-12-6-4-8-14(15(12)17-16(18)19)11-5-3-7-13(9-11)20-2;1-4(2)3;1-3-4-2;1-2/h11-13H,2-10H2,1H3,(H,18,25)(H,19,22)(H,23,24);3-9H,10H2,1-2H3,(H,17,19);4H,1-3H3;3H,1,4H2,2H3;1-2H3/t11-,13?;;;;/m1..../s1. The molecule has 2 fully saturated rings. The van der Waals surface area contributed by atoms with Crippen molar-refractivity contribution in [3.05, 3.63) is 60.7 Å². The Morgan fingerprint density at radius 2 is 1.64 bits per heavy atom. The van der Waals surface area contributed by atoms with Crippen LogP contribution in [0.3, 0.4) is 0 Å². The molecule has 1 saturated heterocycles. The number of para-hydroxylation sites is 1. The summed E-state index contributed by atoms with van der Waals surface area (Å²) in [5, 5.41) is 16.8. The van der Waals surface area contributed by atoms with Crippen LogP contribution in [0.25, 0.3) is 11.1 Å². The molecule has 4 N–H and O–H groups in total. The van der Waals surface area contributed by atoms with E-state index in [1.165, 1.54) is 11.8 Å². The zero-order valence-corrected chi connectivity index (χ0v) is 35.1. The Morgan fingerprint density at radius 1 is 1.02 bits per heavy atom. The van der Waals surface area contributed by atoms with Crippen LogP contribution in [-0.4, -0.2) is 90.2 Å². The minimum Gasteiger partial charge on any atom is -0.497 e. The van der Waals surface area contributed by atoms with Crippen molar-refractivity contribution >= 4 is 35.6 Å². The lowest BCUT2D eigenvalue weighted by atomic mass is 9.98. The van der Waals surface area contributed by atoms with Gasteiger partial charge in [0.05, 0.1) is 12.8 Å². The summed E-state index contributed by atoms with van der Waals surface area (Å²) in [5.41, 5.74) is 4.06. The molecule has 2 aromatic rings. The Balaban J connectivity index is 0.000000461. The van der Waals surface area contributed by atoms with E-state index in [0.717, 1.165) is 66.1 Å². The van der Waals surface area contributed by atoms with Crippen LogP contribution in [0.4, 0.5) is 15.3 Å². The normalized spacial score (nSPS) is 16.0. The summed E-state index contributed by atoms with van der Waals surface area (Å²) in [7, 11) is 3.44. The Hall–Kier alpha value is -5.07. The first kappa shape index (κ1) is 48.9. The zero-order chi connectivity index (χ0) is 42.2. The highest BCUT2D eigenvalue weighted by Gasteiger charge is 2.35. The van der Waals surface area contributed by atoms with Crippen molar-refractivity contribution in [3.8, 4) is 16.9 Å². The molecule has 1 saturated carbocycles. The monoisotopic (exact) mass is 781 g/mol. The summed E-state index contributed by atoms with van der Waals surface area (Å²) in [4.78, 5) is 62.0. The fourth-order valence-electron chi connectivity index (χ4n) is 5.76. The molecule has 0 spiro atoms. The van der Waals surface area contributed by atoms with Gasteiger partial charge in [-0.1, -0.05) is 78.0 Å². The Morgan fingerprint density at radius 3 is 2.23 bits per heavy atom. The molecule has 0 radical (unpaired) electrons. The number of carbonyl (C=O) groups is 5. The van der Waals surface area contributed by atoms with Gasteiger partial charge in [0.1, 0.15) is 23.9 Å². The van der Waals surface area contributed by atoms with E-state index in [-0.39, 0.29) is 31.0 Å². The number of allylic oxidation sites excluding steroid dienone is 1. The summed E-state index contributed by atoms with van der Waals surface area (Å²) in [5.74, 6) is -0.190. The van der Waals surface area contributed by atoms with Crippen LogP contribution in [-0.2, 0) is 25.7 Å². The first-order chi connectivity index (χ1) is 26.7. The summed E-state index contributed by atoms with van der Waals surface area (Å²) < 4.78 is 10.5. The van der Waals surface area contributed by atoms with Gasteiger partial charge in [-0.2, -0.15) is 0 Å². The molecule has 2 heterocycles. The quantitative estimate of drug-likeness (QED) is 0.175. The van der Waals surface area contributed by atoms with Crippen LogP contribution in [0.5, 0.6) is 5.75 Å². The molecule has 5 amide bonds. The van der Waals surface area contributed by atoms with Crippen LogP contribution in [0, 0.1) is 5.92 Å². The number of benzene rings is 2. The van der Waals surface area contributed by atoms with Gasteiger partial charge in [0.25, 0.3) is 0 Å². The van der Waals surface area contributed by atoms with Gasteiger partial charge in [0.2, 0.25) is 11.8 Å². The van der Waals surface area contributed by atoms with Gasteiger partial charge >= 0.3 is 18.1 Å². The van der Waals surface area contributed by atoms with Gasteiger partial charge in [-0.25, -0.2) is 9.59 Å². The van der Waals surface area contributed by atoms with Crippen molar-refractivity contribution in [2.24, 2.45) is 5.92 Å². The first-order valence-corrected chi connectivity index (χ1v) is 19.9. The van der Waals surface area contributed by atoms with E-state index in [1.54, 1.807) is 19.1 Å². The van der Waals surface area contributed by atoms with E-state index in [0.29, 0.717) is 25.9 Å². The third-order valence-corrected chi connectivity index (χ3v) is 8.60. The summed E-state index contributed by atoms with van der Waals surface area (Å²) in [6.45, 7) is 18.6. The molecule has 0 bridgehead atoms. The maximum absolute atomic E-state index is 12.3. The highest BCUT2D eigenvalue weighted by atomic mass is 16.6. The second-order valence-electron chi connectivity index (χ2n) is 14.1.